The Morgan fingerprint density at radius 2 is 1.76 bits per heavy atom. The van der Waals surface area contributed by atoms with Crippen LogP contribution in [0.15, 0.2) is 0 Å². The molecule has 0 spiro atoms. The van der Waals surface area contributed by atoms with Crippen LogP contribution in [0.1, 0.15) is 60.3 Å². The van der Waals surface area contributed by atoms with E-state index in [0.717, 1.165) is 25.7 Å². The number of carbonyl (C=O) groups is 2. The molecule has 1 aliphatic carbocycles. The minimum atomic E-state index is -0.928. The van der Waals surface area contributed by atoms with Crippen molar-refractivity contribution in [1.29, 1.82) is 0 Å². The Bertz CT molecular complexity index is 367. The Hall–Kier alpha value is -1.26. The van der Waals surface area contributed by atoms with Crippen molar-refractivity contribution in [2.75, 3.05) is 6.54 Å². The van der Waals surface area contributed by atoms with Crippen LogP contribution in [0, 0.1) is 11.8 Å². The second kappa shape index (κ2) is 7.14. The summed E-state index contributed by atoms with van der Waals surface area (Å²) in [5.41, 5.74) is -0.616. The maximum absolute atomic E-state index is 12.3. The normalized spacial score (nSPS) is 24.2. The van der Waals surface area contributed by atoms with E-state index in [1.54, 1.807) is 27.7 Å². The van der Waals surface area contributed by atoms with Crippen LogP contribution in [0.3, 0.4) is 0 Å². The minimum Gasteiger partial charge on any atom is -0.480 e. The highest BCUT2D eigenvalue weighted by Gasteiger charge is 2.38. The predicted molar refractivity (Wildman–Crippen MR) is 81.2 cm³/mol. The summed E-state index contributed by atoms with van der Waals surface area (Å²) in [4.78, 5) is 25.4. The van der Waals surface area contributed by atoms with Crippen LogP contribution in [-0.2, 0) is 9.53 Å². The van der Waals surface area contributed by atoms with Crippen LogP contribution in [0.4, 0.5) is 4.79 Å². The third kappa shape index (κ3) is 5.21. The third-order valence-corrected chi connectivity index (χ3v) is 4.06. The molecule has 5 nitrogen and oxygen atoms in total. The fraction of sp³-hybridized carbons (Fsp3) is 0.875. The molecule has 21 heavy (non-hydrogen) atoms. The number of carboxylic acid groups (broad SMARTS) is 1. The summed E-state index contributed by atoms with van der Waals surface area (Å²) >= 11 is 0. The third-order valence-electron chi connectivity index (χ3n) is 4.06. The molecule has 0 aromatic carbocycles. The van der Waals surface area contributed by atoms with Gasteiger partial charge in [-0.15, -0.1) is 0 Å². The molecule has 0 bridgehead atoms. The summed E-state index contributed by atoms with van der Waals surface area (Å²) in [6, 6.07) is -0.780. The molecule has 1 saturated carbocycles. The molecule has 1 unspecified atom stereocenters. The van der Waals surface area contributed by atoms with Gasteiger partial charge in [0.05, 0.1) is 0 Å². The van der Waals surface area contributed by atoms with Gasteiger partial charge in [0.1, 0.15) is 11.6 Å². The zero-order valence-electron chi connectivity index (χ0n) is 13.9. The summed E-state index contributed by atoms with van der Waals surface area (Å²) in [5.74, 6) is -0.263. The van der Waals surface area contributed by atoms with Gasteiger partial charge in [0.15, 0.2) is 0 Å². The first-order valence-corrected chi connectivity index (χ1v) is 7.88. The number of nitrogens with zero attached hydrogens (tertiary/aromatic N) is 1. The van der Waals surface area contributed by atoms with Gasteiger partial charge in [-0.2, -0.15) is 0 Å². The lowest BCUT2D eigenvalue weighted by molar-refractivity contribution is -0.146. The molecular formula is C16H29NO4. The van der Waals surface area contributed by atoms with Gasteiger partial charge in [0.25, 0.3) is 0 Å². The van der Waals surface area contributed by atoms with Gasteiger partial charge in [-0.05, 0) is 52.4 Å². The molecule has 1 amide bonds. The molecule has 5 heteroatoms. The minimum absolute atomic E-state index is 0.0196. The molecule has 0 aliphatic heterocycles. The van der Waals surface area contributed by atoms with Gasteiger partial charge in [0, 0.05) is 6.54 Å². The van der Waals surface area contributed by atoms with Crippen LogP contribution in [0.5, 0.6) is 0 Å². The predicted octanol–water partition coefficient (Wildman–Crippen LogP) is 3.52. The average molecular weight is 299 g/mol. The molecule has 0 aromatic rings. The molecule has 0 saturated heterocycles. The van der Waals surface area contributed by atoms with Gasteiger partial charge in [-0.1, -0.05) is 19.8 Å². The van der Waals surface area contributed by atoms with E-state index < -0.39 is 23.7 Å². The smallest absolute Gasteiger partial charge is 0.411 e. The Balaban J connectivity index is 2.85. The van der Waals surface area contributed by atoms with Gasteiger partial charge in [-0.25, -0.2) is 9.59 Å². The monoisotopic (exact) mass is 299 g/mol. The van der Waals surface area contributed by atoms with Crippen molar-refractivity contribution >= 4 is 12.1 Å². The van der Waals surface area contributed by atoms with Crippen LogP contribution >= 0.6 is 0 Å². The van der Waals surface area contributed by atoms with E-state index >= 15 is 0 Å². The number of carbonyl (C=O) groups excluding carboxylic acids is 1. The fourth-order valence-electron chi connectivity index (χ4n) is 2.95. The molecule has 122 valence electrons. The van der Waals surface area contributed by atoms with Gasteiger partial charge >= 0.3 is 12.1 Å². The van der Waals surface area contributed by atoms with Crippen LogP contribution in [-0.4, -0.2) is 40.3 Å². The van der Waals surface area contributed by atoms with Crippen LogP contribution in [0.2, 0.25) is 0 Å². The zero-order chi connectivity index (χ0) is 16.2. The zero-order valence-corrected chi connectivity index (χ0v) is 13.9. The fourth-order valence-corrected chi connectivity index (χ4v) is 2.95. The van der Waals surface area contributed by atoms with Crippen molar-refractivity contribution in [2.24, 2.45) is 11.8 Å². The van der Waals surface area contributed by atoms with Gasteiger partial charge in [0.2, 0.25) is 0 Å². The van der Waals surface area contributed by atoms with Crippen molar-refractivity contribution in [3.63, 3.8) is 0 Å². The Morgan fingerprint density at radius 1 is 1.24 bits per heavy atom. The molecular weight excluding hydrogens is 270 g/mol. The molecule has 0 aromatic heterocycles. The van der Waals surface area contributed by atoms with E-state index in [2.05, 4.69) is 6.92 Å². The largest absolute Gasteiger partial charge is 0.480 e. The van der Waals surface area contributed by atoms with Crippen molar-refractivity contribution in [1.82, 2.24) is 4.90 Å². The molecule has 1 N–H and O–H groups in total. The number of amides is 1. The highest BCUT2D eigenvalue weighted by Crippen LogP contribution is 2.33. The lowest BCUT2D eigenvalue weighted by Crippen LogP contribution is -2.51. The SMILES string of the molecule is CCN(C(=O)OC(C)(C)C)C(C(=O)O)C1CCC(C)CC1. The standard InChI is InChI=1S/C16H29NO4/c1-6-17(15(20)21-16(3,4)5)13(14(18)19)12-9-7-11(2)8-10-12/h11-13H,6-10H2,1-5H3,(H,18,19). The van der Waals surface area contributed by atoms with E-state index in [4.69, 9.17) is 4.74 Å². The molecule has 1 fully saturated rings. The number of hydrogen-bond donors (Lipinski definition) is 1. The number of rotatable bonds is 4. The molecule has 1 atom stereocenters. The number of likely N-dealkylation sites (N-methyl/N-ethyl adjacent to an activating group) is 1. The van der Waals surface area contributed by atoms with Gasteiger partial charge in [-0.3, -0.25) is 4.90 Å². The number of aliphatic carboxylic acids is 1. The van der Waals surface area contributed by atoms with Crippen molar-refractivity contribution in [3.8, 4) is 0 Å². The highest BCUT2D eigenvalue weighted by molar-refractivity contribution is 5.80. The summed E-state index contributed by atoms with van der Waals surface area (Å²) in [7, 11) is 0. The Kier molecular flexibility index (Phi) is 6.05. The first kappa shape index (κ1) is 17.8. The molecule has 1 aliphatic rings. The summed E-state index contributed by atoms with van der Waals surface area (Å²) in [6.07, 6.45) is 3.24. The molecule has 0 heterocycles. The summed E-state index contributed by atoms with van der Waals surface area (Å²) in [5, 5.41) is 9.59. The van der Waals surface area contributed by atoms with Crippen molar-refractivity contribution in [2.45, 2.75) is 71.9 Å². The molecule has 0 radical (unpaired) electrons. The first-order valence-electron chi connectivity index (χ1n) is 7.88. The van der Waals surface area contributed by atoms with Gasteiger partial charge < -0.3 is 9.84 Å². The van der Waals surface area contributed by atoms with E-state index in [1.165, 1.54) is 4.90 Å². The topological polar surface area (TPSA) is 66.8 Å². The van der Waals surface area contributed by atoms with Crippen LogP contribution < -0.4 is 0 Å². The Labute approximate surface area is 127 Å². The summed E-state index contributed by atoms with van der Waals surface area (Å²) < 4.78 is 5.36. The van der Waals surface area contributed by atoms with E-state index in [-0.39, 0.29) is 5.92 Å². The second-order valence-corrected chi connectivity index (χ2v) is 7.07. The van der Waals surface area contributed by atoms with Crippen molar-refractivity contribution < 1.29 is 19.4 Å². The second-order valence-electron chi connectivity index (χ2n) is 7.07. The lowest BCUT2D eigenvalue weighted by Gasteiger charge is -2.37. The maximum Gasteiger partial charge on any atom is 0.411 e. The Morgan fingerprint density at radius 3 is 2.14 bits per heavy atom. The maximum atomic E-state index is 12.3. The van der Waals surface area contributed by atoms with E-state index in [1.807, 2.05) is 0 Å². The number of carboxylic acids is 1. The first-order chi connectivity index (χ1) is 9.65. The summed E-state index contributed by atoms with van der Waals surface area (Å²) in [6.45, 7) is 9.70. The van der Waals surface area contributed by atoms with Crippen molar-refractivity contribution in [3.05, 3.63) is 0 Å². The molecule has 1 rings (SSSR count). The number of hydrogen-bond acceptors (Lipinski definition) is 3. The quantitative estimate of drug-likeness (QED) is 0.862. The van der Waals surface area contributed by atoms with E-state index in [9.17, 15) is 14.7 Å². The average Bonchev–Trinajstić information content (AvgIpc) is 2.34. The van der Waals surface area contributed by atoms with Crippen LogP contribution in [0.25, 0.3) is 0 Å². The number of ether oxygens (including phenoxy) is 1. The lowest BCUT2D eigenvalue weighted by atomic mass is 9.79. The highest BCUT2D eigenvalue weighted by atomic mass is 16.6. The van der Waals surface area contributed by atoms with E-state index in [0.29, 0.717) is 12.5 Å².